The second-order valence-electron chi connectivity index (χ2n) is 4.92. The molecule has 1 aromatic rings. The molecule has 1 aliphatic rings. The van der Waals surface area contributed by atoms with Crippen LogP contribution in [0.1, 0.15) is 37.0 Å². The molecule has 1 saturated carbocycles. The van der Waals surface area contributed by atoms with Crippen molar-refractivity contribution in [2.75, 3.05) is 13.7 Å². The van der Waals surface area contributed by atoms with Gasteiger partial charge in [0.2, 0.25) is 0 Å². The van der Waals surface area contributed by atoms with Crippen LogP contribution in [0, 0.1) is 0 Å². The van der Waals surface area contributed by atoms with Crippen molar-refractivity contribution >= 4 is 0 Å². The Balaban J connectivity index is 2.24. The van der Waals surface area contributed by atoms with Gasteiger partial charge in [-0.3, -0.25) is 0 Å². The second kappa shape index (κ2) is 5.21. The molecule has 0 amide bonds. The first kappa shape index (κ1) is 12.6. The molecule has 2 rings (SSSR count). The zero-order chi connectivity index (χ0) is 12.3. The van der Waals surface area contributed by atoms with Crippen LogP contribution >= 0.6 is 0 Å². The van der Waals surface area contributed by atoms with Crippen molar-refractivity contribution in [3.8, 4) is 0 Å². The van der Waals surface area contributed by atoms with Gasteiger partial charge in [0.1, 0.15) is 5.76 Å². The van der Waals surface area contributed by atoms with Crippen molar-refractivity contribution in [3.63, 3.8) is 0 Å². The van der Waals surface area contributed by atoms with Crippen LogP contribution in [0.25, 0.3) is 0 Å². The molecule has 17 heavy (non-hydrogen) atoms. The molecule has 0 atom stereocenters. The van der Waals surface area contributed by atoms with Crippen LogP contribution in [-0.2, 0) is 16.8 Å². The molecule has 0 saturated heterocycles. The van der Waals surface area contributed by atoms with E-state index >= 15 is 0 Å². The van der Waals surface area contributed by atoms with E-state index in [0.29, 0.717) is 13.2 Å². The molecular weight excluding hydrogens is 218 g/mol. The van der Waals surface area contributed by atoms with Gasteiger partial charge in [0.05, 0.1) is 19.0 Å². The van der Waals surface area contributed by atoms with E-state index in [2.05, 4.69) is 0 Å². The van der Waals surface area contributed by atoms with Gasteiger partial charge in [0.25, 0.3) is 0 Å². The Morgan fingerprint density at radius 3 is 2.82 bits per heavy atom. The highest BCUT2D eigenvalue weighted by atomic mass is 16.5. The summed E-state index contributed by atoms with van der Waals surface area (Å²) in [4.78, 5) is 0. The predicted octanol–water partition coefficient (Wildman–Crippen LogP) is 1.56. The van der Waals surface area contributed by atoms with Crippen LogP contribution in [0.3, 0.4) is 0 Å². The van der Waals surface area contributed by atoms with E-state index < -0.39 is 0 Å². The van der Waals surface area contributed by atoms with Crippen LogP contribution in [0.2, 0.25) is 0 Å². The molecule has 1 fully saturated rings. The minimum absolute atomic E-state index is 0.114. The molecule has 4 nitrogen and oxygen atoms in total. The Labute approximate surface area is 102 Å². The molecular formula is C13H21NO3. The molecule has 1 aromatic heterocycles. The average Bonchev–Trinajstić information content (AvgIpc) is 2.80. The Morgan fingerprint density at radius 1 is 1.53 bits per heavy atom. The van der Waals surface area contributed by atoms with E-state index in [4.69, 9.17) is 14.9 Å². The monoisotopic (exact) mass is 239 g/mol. The first-order valence-corrected chi connectivity index (χ1v) is 6.16. The molecule has 0 aliphatic heterocycles. The van der Waals surface area contributed by atoms with E-state index in [1.807, 2.05) is 6.07 Å². The standard InChI is InChI=1S/C13H21NO3/c1-16-8-10-4-7-17-12(10)13(9-14)5-2-11(15)3-6-13/h4,7,11,15H,2-3,5-6,8-9,14H2,1H3. The van der Waals surface area contributed by atoms with Gasteiger partial charge in [-0.25, -0.2) is 0 Å². The highest BCUT2D eigenvalue weighted by molar-refractivity contribution is 5.26. The molecule has 1 heterocycles. The lowest BCUT2D eigenvalue weighted by molar-refractivity contribution is 0.0882. The van der Waals surface area contributed by atoms with E-state index in [0.717, 1.165) is 37.0 Å². The maximum absolute atomic E-state index is 9.61. The number of furan rings is 1. The second-order valence-corrected chi connectivity index (χ2v) is 4.92. The van der Waals surface area contributed by atoms with Gasteiger partial charge in [-0.15, -0.1) is 0 Å². The minimum atomic E-state index is -0.185. The third-order valence-electron chi connectivity index (χ3n) is 3.83. The molecule has 0 radical (unpaired) electrons. The normalized spacial score (nSPS) is 29.5. The fourth-order valence-corrected chi connectivity index (χ4v) is 2.75. The van der Waals surface area contributed by atoms with Gasteiger partial charge in [0, 0.05) is 24.6 Å². The predicted molar refractivity (Wildman–Crippen MR) is 64.6 cm³/mol. The van der Waals surface area contributed by atoms with Crippen LogP contribution in [0.4, 0.5) is 0 Å². The lowest BCUT2D eigenvalue weighted by Crippen LogP contribution is -2.40. The largest absolute Gasteiger partial charge is 0.468 e. The number of methoxy groups -OCH3 is 1. The van der Waals surface area contributed by atoms with Gasteiger partial charge in [-0.1, -0.05) is 0 Å². The summed E-state index contributed by atoms with van der Waals surface area (Å²) < 4.78 is 10.8. The van der Waals surface area contributed by atoms with Crippen LogP contribution < -0.4 is 5.73 Å². The molecule has 4 heteroatoms. The van der Waals surface area contributed by atoms with Crippen LogP contribution in [0.15, 0.2) is 16.7 Å². The number of nitrogens with two attached hydrogens (primary N) is 1. The first-order valence-electron chi connectivity index (χ1n) is 6.16. The Morgan fingerprint density at radius 2 is 2.24 bits per heavy atom. The summed E-state index contributed by atoms with van der Waals surface area (Å²) in [6.07, 6.45) is 4.88. The van der Waals surface area contributed by atoms with E-state index in [-0.39, 0.29) is 11.5 Å². The Bertz CT molecular complexity index is 353. The molecule has 0 bridgehead atoms. The van der Waals surface area contributed by atoms with Crippen molar-refractivity contribution in [2.45, 2.75) is 43.8 Å². The summed E-state index contributed by atoms with van der Waals surface area (Å²) in [6, 6.07) is 1.95. The summed E-state index contributed by atoms with van der Waals surface area (Å²) in [7, 11) is 1.68. The quantitative estimate of drug-likeness (QED) is 0.836. The van der Waals surface area contributed by atoms with Gasteiger partial charge in [0.15, 0.2) is 0 Å². The number of aliphatic hydroxyl groups excluding tert-OH is 1. The third kappa shape index (κ3) is 2.39. The molecule has 96 valence electrons. The highest BCUT2D eigenvalue weighted by Gasteiger charge is 2.39. The molecule has 1 aliphatic carbocycles. The fourth-order valence-electron chi connectivity index (χ4n) is 2.75. The number of ether oxygens (including phenoxy) is 1. The summed E-state index contributed by atoms with van der Waals surface area (Å²) in [5.74, 6) is 0.953. The third-order valence-corrected chi connectivity index (χ3v) is 3.83. The summed E-state index contributed by atoms with van der Waals surface area (Å²) in [6.45, 7) is 1.11. The average molecular weight is 239 g/mol. The maximum atomic E-state index is 9.61. The minimum Gasteiger partial charge on any atom is -0.468 e. The first-order chi connectivity index (χ1) is 8.22. The highest BCUT2D eigenvalue weighted by Crippen LogP contribution is 2.40. The van der Waals surface area contributed by atoms with E-state index in [1.54, 1.807) is 13.4 Å². The smallest absolute Gasteiger partial charge is 0.116 e. The molecule has 3 N–H and O–H groups in total. The van der Waals surface area contributed by atoms with Gasteiger partial charge in [-0.05, 0) is 31.7 Å². The lowest BCUT2D eigenvalue weighted by Gasteiger charge is -2.37. The Hall–Kier alpha value is -0.840. The van der Waals surface area contributed by atoms with Crippen molar-refractivity contribution < 1.29 is 14.3 Å². The van der Waals surface area contributed by atoms with Crippen molar-refractivity contribution in [1.29, 1.82) is 0 Å². The van der Waals surface area contributed by atoms with E-state index in [1.165, 1.54) is 0 Å². The van der Waals surface area contributed by atoms with Gasteiger partial charge >= 0.3 is 0 Å². The molecule has 0 spiro atoms. The summed E-state index contributed by atoms with van der Waals surface area (Å²) >= 11 is 0. The van der Waals surface area contributed by atoms with Crippen molar-refractivity contribution in [3.05, 3.63) is 23.7 Å². The van der Waals surface area contributed by atoms with Crippen molar-refractivity contribution in [1.82, 2.24) is 0 Å². The molecule has 0 unspecified atom stereocenters. The number of aliphatic hydroxyl groups is 1. The Kier molecular flexibility index (Phi) is 3.86. The van der Waals surface area contributed by atoms with Gasteiger partial charge in [-0.2, -0.15) is 0 Å². The van der Waals surface area contributed by atoms with Crippen molar-refractivity contribution in [2.24, 2.45) is 5.73 Å². The van der Waals surface area contributed by atoms with Gasteiger partial charge < -0.3 is 20.0 Å². The van der Waals surface area contributed by atoms with Crippen LogP contribution in [0.5, 0.6) is 0 Å². The maximum Gasteiger partial charge on any atom is 0.116 e. The summed E-state index contributed by atoms with van der Waals surface area (Å²) in [5.41, 5.74) is 6.92. The molecule has 0 aromatic carbocycles. The SMILES string of the molecule is COCc1ccoc1C1(CN)CCC(O)CC1. The lowest BCUT2D eigenvalue weighted by atomic mass is 9.70. The van der Waals surface area contributed by atoms with Crippen LogP contribution in [-0.4, -0.2) is 24.9 Å². The summed E-state index contributed by atoms with van der Waals surface area (Å²) in [5, 5.41) is 9.61. The number of rotatable bonds is 4. The zero-order valence-electron chi connectivity index (χ0n) is 10.3. The fraction of sp³-hybridized carbons (Fsp3) is 0.692. The number of hydrogen-bond donors (Lipinski definition) is 2. The zero-order valence-corrected chi connectivity index (χ0v) is 10.3. The topological polar surface area (TPSA) is 68.6 Å². The number of hydrogen-bond acceptors (Lipinski definition) is 4. The van der Waals surface area contributed by atoms with E-state index in [9.17, 15) is 5.11 Å².